The summed E-state index contributed by atoms with van der Waals surface area (Å²) < 4.78 is 5.93. The van der Waals surface area contributed by atoms with E-state index in [1.165, 1.54) is 31.2 Å². The third-order valence-corrected chi connectivity index (χ3v) is 3.77. The number of rotatable bonds is 9. The van der Waals surface area contributed by atoms with Crippen molar-refractivity contribution in [2.45, 2.75) is 78.1 Å². The second kappa shape index (κ2) is 9.15. The number of unbranched alkanes of at least 4 members (excludes halogenated alkanes) is 3. The Labute approximate surface area is 124 Å². The van der Waals surface area contributed by atoms with Gasteiger partial charge >= 0.3 is 0 Å². The molecule has 3 atom stereocenters. The number of aryl methyl sites for hydroxylation is 1. The van der Waals surface area contributed by atoms with E-state index in [0.29, 0.717) is 0 Å². The summed E-state index contributed by atoms with van der Waals surface area (Å²) in [5, 5.41) is 10.3. The summed E-state index contributed by atoms with van der Waals surface area (Å²) in [6.07, 6.45) is 5.62. The number of ether oxygens (including phenoxy) is 1. The molecule has 0 aliphatic carbocycles. The molecule has 0 radical (unpaired) electrons. The first-order chi connectivity index (χ1) is 9.54. The second-order valence-corrected chi connectivity index (χ2v) is 5.86. The standard InChI is InChI=1S/C18H30O2/c1-5-6-7-8-9-15(3)20-16(4)18(19)17-12-10-14(2)11-13-17/h10-13,15-16,18-19H,5-9H2,1-4H3. The molecule has 0 fully saturated rings. The van der Waals surface area contributed by atoms with Crippen molar-refractivity contribution in [1.82, 2.24) is 0 Å². The molecular formula is C18H30O2. The van der Waals surface area contributed by atoms with Crippen molar-refractivity contribution < 1.29 is 9.84 Å². The van der Waals surface area contributed by atoms with E-state index in [1.807, 2.05) is 31.2 Å². The summed E-state index contributed by atoms with van der Waals surface area (Å²) >= 11 is 0. The molecule has 0 amide bonds. The molecule has 2 heteroatoms. The molecule has 3 unspecified atom stereocenters. The molecule has 0 aromatic heterocycles. The highest BCUT2D eigenvalue weighted by Crippen LogP contribution is 2.21. The van der Waals surface area contributed by atoms with Crippen molar-refractivity contribution in [2.24, 2.45) is 0 Å². The zero-order valence-corrected chi connectivity index (χ0v) is 13.4. The quantitative estimate of drug-likeness (QED) is 0.658. The van der Waals surface area contributed by atoms with Gasteiger partial charge in [-0.15, -0.1) is 0 Å². The van der Waals surface area contributed by atoms with Gasteiger partial charge in [0.05, 0.1) is 12.2 Å². The van der Waals surface area contributed by atoms with Gasteiger partial charge in [0, 0.05) is 0 Å². The van der Waals surface area contributed by atoms with E-state index >= 15 is 0 Å². The molecule has 1 aromatic carbocycles. The fraction of sp³-hybridized carbons (Fsp3) is 0.667. The molecule has 0 aliphatic heterocycles. The Morgan fingerprint density at radius 1 is 1.05 bits per heavy atom. The van der Waals surface area contributed by atoms with Crippen molar-refractivity contribution >= 4 is 0 Å². The zero-order valence-electron chi connectivity index (χ0n) is 13.4. The summed E-state index contributed by atoms with van der Waals surface area (Å²) in [6.45, 7) is 8.33. The lowest BCUT2D eigenvalue weighted by molar-refractivity contribution is -0.0653. The van der Waals surface area contributed by atoms with Gasteiger partial charge in [0.15, 0.2) is 0 Å². The summed E-state index contributed by atoms with van der Waals surface area (Å²) in [5.74, 6) is 0. The highest BCUT2D eigenvalue weighted by molar-refractivity contribution is 5.23. The lowest BCUT2D eigenvalue weighted by Gasteiger charge is -2.24. The monoisotopic (exact) mass is 278 g/mol. The van der Waals surface area contributed by atoms with Gasteiger partial charge in [-0.25, -0.2) is 0 Å². The van der Waals surface area contributed by atoms with Crippen molar-refractivity contribution in [3.63, 3.8) is 0 Å². The van der Waals surface area contributed by atoms with Gasteiger partial charge in [0.2, 0.25) is 0 Å². The van der Waals surface area contributed by atoms with E-state index in [9.17, 15) is 5.11 Å². The maximum absolute atomic E-state index is 10.3. The van der Waals surface area contributed by atoms with Crippen LogP contribution in [-0.2, 0) is 4.74 Å². The predicted octanol–water partition coefficient (Wildman–Crippen LogP) is 4.79. The van der Waals surface area contributed by atoms with E-state index in [-0.39, 0.29) is 12.2 Å². The molecule has 0 heterocycles. The molecule has 1 aromatic rings. The van der Waals surface area contributed by atoms with Crippen molar-refractivity contribution in [2.75, 3.05) is 0 Å². The van der Waals surface area contributed by atoms with Gasteiger partial charge in [-0.2, -0.15) is 0 Å². The smallest absolute Gasteiger partial charge is 0.105 e. The molecule has 0 saturated carbocycles. The van der Waals surface area contributed by atoms with Gasteiger partial charge < -0.3 is 9.84 Å². The maximum atomic E-state index is 10.3. The fourth-order valence-electron chi connectivity index (χ4n) is 2.40. The first kappa shape index (κ1) is 17.2. The molecule has 1 N–H and O–H groups in total. The lowest BCUT2D eigenvalue weighted by atomic mass is 10.0. The summed E-state index contributed by atoms with van der Waals surface area (Å²) in [6, 6.07) is 8.01. The van der Waals surface area contributed by atoms with E-state index < -0.39 is 6.10 Å². The number of aliphatic hydroxyl groups excluding tert-OH is 1. The Bertz CT molecular complexity index is 358. The largest absolute Gasteiger partial charge is 0.386 e. The number of hydrogen-bond donors (Lipinski definition) is 1. The third-order valence-electron chi connectivity index (χ3n) is 3.77. The topological polar surface area (TPSA) is 29.5 Å². The van der Waals surface area contributed by atoms with E-state index in [4.69, 9.17) is 4.74 Å². The van der Waals surface area contributed by atoms with Crippen LogP contribution in [0.25, 0.3) is 0 Å². The van der Waals surface area contributed by atoms with Gasteiger partial charge in [-0.1, -0.05) is 62.4 Å². The Morgan fingerprint density at radius 2 is 1.70 bits per heavy atom. The highest BCUT2D eigenvalue weighted by atomic mass is 16.5. The van der Waals surface area contributed by atoms with Crippen LogP contribution < -0.4 is 0 Å². The summed E-state index contributed by atoms with van der Waals surface area (Å²) in [7, 11) is 0. The minimum Gasteiger partial charge on any atom is -0.386 e. The molecule has 2 nitrogen and oxygen atoms in total. The lowest BCUT2D eigenvalue weighted by Crippen LogP contribution is -2.23. The van der Waals surface area contributed by atoms with Crippen LogP contribution in [-0.4, -0.2) is 17.3 Å². The van der Waals surface area contributed by atoms with Crippen LogP contribution in [0.1, 0.15) is 70.1 Å². The van der Waals surface area contributed by atoms with Gasteiger partial charge in [-0.05, 0) is 32.8 Å². The van der Waals surface area contributed by atoms with Crippen molar-refractivity contribution in [3.8, 4) is 0 Å². The third kappa shape index (κ3) is 6.06. The molecule has 1 rings (SSSR count). The van der Waals surface area contributed by atoms with E-state index in [2.05, 4.69) is 20.8 Å². The average Bonchev–Trinajstić information content (AvgIpc) is 2.43. The van der Waals surface area contributed by atoms with E-state index in [1.54, 1.807) is 0 Å². The van der Waals surface area contributed by atoms with Crippen LogP contribution >= 0.6 is 0 Å². The van der Waals surface area contributed by atoms with Crippen molar-refractivity contribution in [3.05, 3.63) is 35.4 Å². The van der Waals surface area contributed by atoms with Crippen LogP contribution in [0.2, 0.25) is 0 Å². The molecule has 0 spiro atoms. The molecule has 114 valence electrons. The molecule has 0 bridgehead atoms. The Kier molecular flexibility index (Phi) is 7.86. The van der Waals surface area contributed by atoms with Crippen LogP contribution in [0.5, 0.6) is 0 Å². The Morgan fingerprint density at radius 3 is 2.30 bits per heavy atom. The van der Waals surface area contributed by atoms with Gasteiger partial charge in [0.25, 0.3) is 0 Å². The molecule has 0 aliphatic rings. The predicted molar refractivity (Wildman–Crippen MR) is 84.9 cm³/mol. The number of aliphatic hydroxyl groups is 1. The summed E-state index contributed by atoms with van der Waals surface area (Å²) in [5.41, 5.74) is 2.14. The zero-order chi connectivity index (χ0) is 15.0. The molecule has 0 saturated heterocycles. The average molecular weight is 278 g/mol. The van der Waals surface area contributed by atoms with Gasteiger partial charge in [-0.3, -0.25) is 0 Å². The fourth-order valence-corrected chi connectivity index (χ4v) is 2.40. The minimum atomic E-state index is -0.548. The SMILES string of the molecule is CCCCCCC(C)OC(C)C(O)c1ccc(C)cc1. The van der Waals surface area contributed by atoms with Crippen LogP contribution in [0.3, 0.4) is 0 Å². The van der Waals surface area contributed by atoms with Crippen LogP contribution in [0, 0.1) is 6.92 Å². The first-order valence-electron chi connectivity index (χ1n) is 7.94. The second-order valence-electron chi connectivity index (χ2n) is 5.86. The molecule has 20 heavy (non-hydrogen) atoms. The minimum absolute atomic E-state index is 0.168. The van der Waals surface area contributed by atoms with E-state index in [0.717, 1.165) is 12.0 Å². The summed E-state index contributed by atoms with van der Waals surface area (Å²) in [4.78, 5) is 0. The number of benzene rings is 1. The van der Waals surface area contributed by atoms with Crippen LogP contribution in [0.4, 0.5) is 0 Å². The normalized spacial score (nSPS) is 15.8. The first-order valence-corrected chi connectivity index (χ1v) is 7.94. The van der Waals surface area contributed by atoms with Gasteiger partial charge in [0.1, 0.15) is 6.10 Å². The number of hydrogen-bond acceptors (Lipinski definition) is 2. The van der Waals surface area contributed by atoms with Crippen LogP contribution in [0.15, 0.2) is 24.3 Å². The highest BCUT2D eigenvalue weighted by Gasteiger charge is 2.19. The molecular weight excluding hydrogens is 248 g/mol. The Hall–Kier alpha value is -0.860. The maximum Gasteiger partial charge on any atom is 0.105 e. The Balaban J connectivity index is 2.37. The van der Waals surface area contributed by atoms with Crippen molar-refractivity contribution in [1.29, 1.82) is 0 Å².